The average molecular weight is 268 g/mol. The lowest BCUT2D eigenvalue weighted by molar-refractivity contribution is 0.0807. The lowest BCUT2D eigenvalue weighted by Gasteiger charge is -2.17. The number of hydrogen-bond acceptors (Lipinski definition) is 3. The third kappa shape index (κ3) is 3.68. The molecule has 1 amide bonds. The minimum absolute atomic E-state index is 0.0124. The molecule has 0 saturated heterocycles. The summed E-state index contributed by atoms with van der Waals surface area (Å²) < 4.78 is 22.1. The van der Waals surface area contributed by atoms with Crippen LogP contribution in [0.15, 0.2) is 41.3 Å². The minimum atomic E-state index is -3.72. The predicted octanol–water partition coefficient (Wildman–Crippen LogP) is 0.982. The number of rotatable bonds is 4. The van der Waals surface area contributed by atoms with Gasteiger partial charge in [0.25, 0.3) is 5.91 Å². The van der Waals surface area contributed by atoms with E-state index in [2.05, 4.69) is 6.58 Å². The van der Waals surface area contributed by atoms with Crippen LogP contribution in [0.3, 0.4) is 0 Å². The van der Waals surface area contributed by atoms with Gasteiger partial charge >= 0.3 is 0 Å². The van der Waals surface area contributed by atoms with Crippen LogP contribution in [0.25, 0.3) is 0 Å². The van der Waals surface area contributed by atoms with Gasteiger partial charge in [-0.05, 0) is 31.2 Å². The molecule has 1 rings (SSSR count). The lowest BCUT2D eigenvalue weighted by atomic mass is 10.2. The summed E-state index contributed by atoms with van der Waals surface area (Å²) in [7, 11) is -2.07. The van der Waals surface area contributed by atoms with Crippen molar-refractivity contribution in [3.8, 4) is 0 Å². The van der Waals surface area contributed by atoms with E-state index in [-0.39, 0.29) is 10.8 Å². The molecule has 0 aromatic heterocycles. The van der Waals surface area contributed by atoms with Crippen LogP contribution in [0.4, 0.5) is 0 Å². The number of nitrogens with zero attached hydrogens (tertiary/aromatic N) is 1. The fourth-order valence-electron chi connectivity index (χ4n) is 1.48. The second kappa shape index (κ2) is 5.32. The zero-order valence-electron chi connectivity index (χ0n) is 10.4. The van der Waals surface area contributed by atoms with E-state index in [4.69, 9.17) is 5.14 Å². The van der Waals surface area contributed by atoms with E-state index in [0.29, 0.717) is 12.1 Å². The first-order valence-electron chi connectivity index (χ1n) is 5.24. The van der Waals surface area contributed by atoms with Crippen molar-refractivity contribution in [3.63, 3.8) is 0 Å². The van der Waals surface area contributed by atoms with Gasteiger partial charge < -0.3 is 4.90 Å². The number of likely N-dealkylation sites (N-methyl/N-ethyl adjacent to an activating group) is 1. The second-order valence-corrected chi connectivity index (χ2v) is 5.75. The lowest BCUT2D eigenvalue weighted by Crippen LogP contribution is -2.28. The summed E-state index contributed by atoms with van der Waals surface area (Å²) in [5, 5.41) is 4.97. The van der Waals surface area contributed by atoms with Crippen molar-refractivity contribution in [1.82, 2.24) is 4.90 Å². The molecule has 0 bridgehead atoms. The van der Waals surface area contributed by atoms with Gasteiger partial charge in [-0.3, -0.25) is 4.79 Å². The normalized spacial score (nSPS) is 11.1. The predicted molar refractivity (Wildman–Crippen MR) is 69.6 cm³/mol. The fourth-order valence-corrected chi connectivity index (χ4v) is 2.00. The highest BCUT2D eigenvalue weighted by molar-refractivity contribution is 7.89. The van der Waals surface area contributed by atoms with Gasteiger partial charge in [0.2, 0.25) is 10.0 Å². The van der Waals surface area contributed by atoms with Gasteiger partial charge in [-0.25, -0.2) is 13.6 Å². The van der Waals surface area contributed by atoms with Gasteiger partial charge in [-0.2, -0.15) is 0 Å². The van der Waals surface area contributed by atoms with Crippen LogP contribution in [-0.4, -0.2) is 32.8 Å². The first-order valence-corrected chi connectivity index (χ1v) is 6.79. The van der Waals surface area contributed by atoms with E-state index in [9.17, 15) is 13.2 Å². The molecule has 1 aromatic carbocycles. The molecule has 0 aliphatic rings. The SMILES string of the molecule is C=C(C)CN(C)C(=O)c1ccc(S(N)(=O)=O)cc1. The van der Waals surface area contributed by atoms with Crippen LogP contribution >= 0.6 is 0 Å². The Morgan fingerprint density at radius 1 is 1.33 bits per heavy atom. The molecule has 5 nitrogen and oxygen atoms in total. The molecule has 0 aliphatic carbocycles. The third-order valence-corrected chi connectivity index (χ3v) is 3.21. The maximum Gasteiger partial charge on any atom is 0.253 e. The summed E-state index contributed by atoms with van der Waals surface area (Å²) in [6, 6.07) is 5.52. The molecule has 0 heterocycles. The average Bonchev–Trinajstić information content (AvgIpc) is 2.26. The molecule has 6 heteroatoms. The van der Waals surface area contributed by atoms with Gasteiger partial charge in [-0.1, -0.05) is 12.2 Å². The van der Waals surface area contributed by atoms with Crippen LogP contribution in [0.2, 0.25) is 0 Å². The van der Waals surface area contributed by atoms with E-state index in [1.165, 1.54) is 29.2 Å². The summed E-state index contributed by atoms with van der Waals surface area (Å²) >= 11 is 0. The smallest absolute Gasteiger partial charge is 0.253 e. The quantitative estimate of drug-likeness (QED) is 0.827. The van der Waals surface area contributed by atoms with E-state index < -0.39 is 10.0 Å². The second-order valence-electron chi connectivity index (χ2n) is 4.19. The molecule has 1 aromatic rings. The molecule has 0 fully saturated rings. The molecule has 0 saturated carbocycles. The van der Waals surface area contributed by atoms with E-state index in [0.717, 1.165) is 5.57 Å². The molecule has 2 N–H and O–H groups in total. The van der Waals surface area contributed by atoms with Gasteiger partial charge in [0, 0.05) is 19.2 Å². The Labute approximate surface area is 107 Å². The number of sulfonamides is 1. The standard InChI is InChI=1S/C12H16N2O3S/c1-9(2)8-14(3)12(15)10-4-6-11(7-5-10)18(13,16)17/h4-7H,1,8H2,2-3H3,(H2,13,16,17). The highest BCUT2D eigenvalue weighted by Gasteiger charge is 2.13. The minimum Gasteiger partial charge on any atom is -0.338 e. The topological polar surface area (TPSA) is 80.5 Å². The zero-order chi connectivity index (χ0) is 13.9. The summed E-state index contributed by atoms with van der Waals surface area (Å²) in [6.45, 7) is 6.01. The summed E-state index contributed by atoms with van der Waals surface area (Å²) in [6.07, 6.45) is 0. The Balaban J connectivity index is 2.92. The Hall–Kier alpha value is -1.66. The third-order valence-electron chi connectivity index (χ3n) is 2.28. The summed E-state index contributed by atoms with van der Waals surface area (Å²) in [5.41, 5.74) is 1.28. The van der Waals surface area contributed by atoms with Crippen molar-refractivity contribution in [3.05, 3.63) is 42.0 Å². The van der Waals surface area contributed by atoms with Gasteiger partial charge in [-0.15, -0.1) is 0 Å². The van der Waals surface area contributed by atoms with Crippen molar-refractivity contribution < 1.29 is 13.2 Å². The van der Waals surface area contributed by atoms with Crippen molar-refractivity contribution in [1.29, 1.82) is 0 Å². The molecule has 0 unspecified atom stereocenters. The van der Waals surface area contributed by atoms with Crippen LogP contribution in [0.1, 0.15) is 17.3 Å². The van der Waals surface area contributed by atoms with Crippen LogP contribution in [-0.2, 0) is 10.0 Å². The molecule has 0 aliphatic heterocycles. The number of benzene rings is 1. The Morgan fingerprint density at radius 3 is 2.22 bits per heavy atom. The summed E-state index contributed by atoms with van der Waals surface area (Å²) in [5.74, 6) is -0.195. The molecule has 18 heavy (non-hydrogen) atoms. The van der Waals surface area contributed by atoms with Gasteiger partial charge in [0.05, 0.1) is 4.90 Å². The number of carbonyl (C=O) groups is 1. The Bertz CT molecular complexity index is 561. The molecular formula is C12H16N2O3S. The fraction of sp³-hybridized carbons (Fsp3) is 0.250. The number of primary sulfonamides is 1. The summed E-state index contributed by atoms with van der Waals surface area (Å²) in [4.78, 5) is 13.4. The Morgan fingerprint density at radius 2 is 1.83 bits per heavy atom. The molecule has 98 valence electrons. The Kier molecular flexibility index (Phi) is 4.26. The van der Waals surface area contributed by atoms with Gasteiger partial charge in [0.1, 0.15) is 0 Å². The number of amides is 1. The maximum absolute atomic E-state index is 11.9. The monoisotopic (exact) mass is 268 g/mol. The molecule has 0 atom stereocenters. The number of nitrogens with two attached hydrogens (primary N) is 1. The van der Waals surface area contributed by atoms with Crippen molar-refractivity contribution in [2.24, 2.45) is 5.14 Å². The van der Waals surface area contributed by atoms with E-state index >= 15 is 0 Å². The van der Waals surface area contributed by atoms with Crippen LogP contribution in [0, 0.1) is 0 Å². The van der Waals surface area contributed by atoms with E-state index in [1.54, 1.807) is 7.05 Å². The zero-order valence-corrected chi connectivity index (χ0v) is 11.2. The van der Waals surface area contributed by atoms with Gasteiger partial charge in [0.15, 0.2) is 0 Å². The van der Waals surface area contributed by atoms with E-state index in [1.807, 2.05) is 6.92 Å². The highest BCUT2D eigenvalue weighted by atomic mass is 32.2. The maximum atomic E-state index is 11.9. The number of carbonyl (C=O) groups excluding carboxylic acids is 1. The molecule has 0 radical (unpaired) electrons. The number of hydrogen-bond donors (Lipinski definition) is 1. The molecular weight excluding hydrogens is 252 g/mol. The van der Waals surface area contributed by atoms with Crippen molar-refractivity contribution in [2.75, 3.05) is 13.6 Å². The largest absolute Gasteiger partial charge is 0.338 e. The van der Waals surface area contributed by atoms with Crippen molar-refractivity contribution in [2.45, 2.75) is 11.8 Å². The van der Waals surface area contributed by atoms with Crippen molar-refractivity contribution >= 4 is 15.9 Å². The molecule has 0 spiro atoms. The first-order chi connectivity index (χ1) is 8.21. The highest BCUT2D eigenvalue weighted by Crippen LogP contribution is 2.10. The first kappa shape index (κ1) is 14.4. The van der Waals surface area contributed by atoms with Crippen LogP contribution in [0.5, 0.6) is 0 Å². The van der Waals surface area contributed by atoms with Crippen LogP contribution < -0.4 is 5.14 Å².